The molecule has 3 nitrogen and oxygen atoms in total. The molecule has 1 heterocycles. The Balaban J connectivity index is 2.23. The standard InChI is InChI=1S/C10H16O3/c1-7-8(11)13-9(12)10(7)5-3-2-4-6-10/h7-8,11H,2-6H2,1H3. The molecule has 1 aliphatic carbocycles. The van der Waals surface area contributed by atoms with Crippen molar-refractivity contribution in [1.82, 2.24) is 0 Å². The van der Waals surface area contributed by atoms with Crippen molar-refractivity contribution in [2.24, 2.45) is 11.3 Å². The first-order valence-electron chi connectivity index (χ1n) is 5.06. The highest BCUT2D eigenvalue weighted by Crippen LogP contribution is 2.49. The maximum absolute atomic E-state index is 11.6. The number of esters is 1. The van der Waals surface area contributed by atoms with Crippen LogP contribution in [0, 0.1) is 11.3 Å². The zero-order valence-corrected chi connectivity index (χ0v) is 7.95. The van der Waals surface area contributed by atoms with Crippen LogP contribution in [-0.2, 0) is 9.53 Å². The lowest BCUT2D eigenvalue weighted by Gasteiger charge is -2.32. The van der Waals surface area contributed by atoms with E-state index in [-0.39, 0.29) is 17.3 Å². The molecule has 2 atom stereocenters. The lowest BCUT2D eigenvalue weighted by molar-refractivity contribution is -0.159. The lowest BCUT2D eigenvalue weighted by Crippen LogP contribution is -2.35. The predicted molar refractivity (Wildman–Crippen MR) is 46.8 cm³/mol. The van der Waals surface area contributed by atoms with E-state index in [1.165, 1.54) is 6.42 Å². The van der Waals surface area contributed by atoms with E-state index >= 15 is 0 Å². The van der Waals surface area contributed by atoms with Crippen LogP contribution in [0.25, 0.3) is 0 Å². The van der Waals surface area contributed by atoms with Gasteiger partial charge in [0.2, 0.25) is 6.29 Å². The second-order valence-electron chi connectivity index (χ2n) is 4.30. The molecule has 1 saturated heterocycles. The summed E-state index contributed by atoms with van der Waals surface area (Å²) in [5, 5.41) is 9.44. The summed E-state index contributed by atoms with van der Waals surface area (Å²) >= 11 is 0. The molecular weight excluding hydrogens is 168 g/mol. The molecule has 1 N–H and O–H groups in total. The van der Waals surface area contributed by atoms with Gasteiger partial charge < -0.3 is 9.84 Å². The number of cyclic esters (lactones) is 1. The molecule has 2 unspecified atom stereocenters. The van der Waals surface area contributed by atoms with Crippen molar-refractivity contribution in [3.63, 3.8) is 0 Å². The molecule has 0 bridgehead atoms. The molecule has 1 saturated carbocycles. The van der Waals surface area contributed by atoms with E-state index in [1.807, 2.05) is 6.92 Å². The quantitative estimate of drug-likeness (QED) is 0.579. The second kappa shape index (κ2) is 2.98. The number of carbonyl (C=O) groups is 1. The Morgan fingerprint density at radius 1 is 1.38 bits per heavy atom. The maximum Gasteiger partial charge on any atom is 0.314 e. The van der Waals surface area contributed by atoms with E-state index in [2.05, 4.69) is 0 Å². The van der Waals surface area contributed by atoms with Crippen molar-refractivity contribution in [2.45, 2.75) is 45.3 Å². The minimum Gasteiger partial charge on any atom is -0.435 e. The first-order valence-corrected chi connectivity index (χ1v) is 5.06. The topological polar surface area (TPSA) is 46.5 Å². The lowest BCUT2D eigenvalue weighted by atomic mass is 9.67. The van der Waals surface area contributed by atoms with E-state index in [1.54, 1.807) is 0 Å². The monoisotopic (exact) mass is 184 g/mol. The summed E-state index contributed by atoms with van der Waals surface area (Å²) in [7, 11) is 0. The van der Waals surface area contributed by atoms with Gasteiger partial charge in [0.1, 0.15) is 0 Å². The number of hydrogen-bond acceptors (Lipinski definition) is 3. The molecule has 3 heteroatoms. The summed E-state index contributed by atoms with van der Waals surface area (Å²) in [5.41, 5.74) is -0.350. The maximum atomic E-state index is 11.6. The van der Waals surface area contributed by atoms with Gasteiger partial charge in [-0.1, -0.05) is 26.2 Å². The molecule has 1 spiro atoms. The first kappa shape index (κ1) is 9.00. The van der Waals surface area contributed by atoms with Gasteiger partial charge in [-0.2, -0.15) is 0 Å². The molecule has 0 aromatic heterocycles. The zero-order valence-electron chi connectivity index (χ0n) is 7.95. The average Bonchev–Trinajstić information content (AvgIpc) is 2.34. The number of carbonyl (C=O) groups excluding carboxylic acids is 1. The molecule has 0 aromatic carbocycles. The predicted octanol–water partition coefficient (Wildman–Crippen LogP) is 1.45. The van der Waals surface area contributed by atoms with Crippen molar-refractivity contribution in [2.75, 3.05) is 0 Å². The Labute approximate surface area is 78.1 Å². The van der Waals surface area contributed by atoms with Crippen LogP contribution >= 0.6 is 0 Å². The smallest absolute Gasteiger partial charge is 0.314 e. The Hall–Kier alpha value is -0.570. The van der Waals surface area contributed by atoms with Crippen molar-refractivity contribution in [3.05, 3.63) is 0 Å². The molecule has 2 rings (SSSR count). The van der Waals surface area contributed by atoms with Crippen LogP contribution in [0.3, 0.4) is 0 Å². The van der Waals surface area contributed by atoms with Gasteiger partial charge in [0.15, 0.2) is 0 Å². The van der Waals surface area contributed by atoms with Gasteiger partial charge in [0.25, 0.3) is 0 Å². The second-order valence-corrected chi connectivity index (χ2v) is 4.30. The van der Waals surface area contributed by atoms with Gasteiger partial charge in [-0.25, -0.2) is 0 Å². The van der Waals surface area contributed by atoms with Gasteiger partial charge in [-0.3, -0.25) is 4.79 Å². The van der Waals surface area contributed by atoms with Gasteiger partial charge in [-0.05, 0) is 12.8 Å². The molecule has 2 aliphatic rings. The Bertz CT molecular complexity index is 218. The third-order valence-electron chi connectivity index (χ3n) is 3.68. The zero-order chi connectivity index (χ0) is 9.47. The normalized spacial score (nSPS) is 37.8. The van der Waals surface area contributed by atoms with Gasteiger partial charge in [-0.15, -0.1) is 0 Å². The van der Waals surface area contributed by atoms with Crippen LogP contribution in [0.1, 0.15) is 39.0 Å². The van der Waals surface area contributed by atoms with Crippen molar-refractivity contribution < 1.29 is 14.6 Å². The number of rotatable bonds is 0. The highest BCUT2D eigenvalue weighted by molar-refractivity contribution is 5.79. The fourth-order valence-corrected chi connectivity index (χ4v) is 2.63. The Morgan fingerprint density at radius 3 is 2.46 bits per heavy atom. The largest absolute Gasteiger partial charge is 0.435 e. The van der Waals surface area contributed by atoms with Gasteiger partial charge >= 0.3 is 5.97 Å². The summed E-state index contributed by atoms with van der Waals surface area (Å²) in [6, 6.07) is 0. The highest BCUT2D eigenvalue weighted by atomic mass is 16.6. The highest BCUT2D eigenvalue weighted by Gasteiger charge is 2.54. The van der Waals surface area contributed by atoms with Crippen LogP contribution in [0.4, 0.5) is 0 Å². The van der Waals surface area contributed by atoms with Crippen molar-refractivity contribution in [1.29, 1.82) is 0 Å². The molecule has 0 aromatic rings. The van der Waals surface area contributed by atoms with E-state index in [0.29, 0.717) is 0 Å². The summed E-state index contributed by atoms with van der Waals surface area (Å²) in [6.45, 7) is 1.92. The Morgan fingerprint density at radius 2 is 2.00 bits per heavy atom. The van der Waals surface area contributed by atoms with Crippen molar-refractivity contribution >= 4 is 5.97 Å². The third-order valence-corrected chi connectivity index (χ3v) is 3.68. The fraction of sp³-hybridized carbons (Fsp3) is 0.900. The molecule has 1 aliphatic heterocycles. The molecule has 0 amide bonds. The molecule has 13 heavy (non-hydrogen) atoms. The Kier molecular flexibility index (Phi) is 2.06. The summed E-state index contributed by atoms with van der Waals surface area (Å²) in [4.78, 5) is 11.6. The first-order chi connectivity index (χ1) is 6.17. The SMILES string of the molecule is CC1C(O)OC(=O)C12CCCCC2. The average molecular weight is 184 g/mol. The van der Waals surface area contributed by atoms with Crippen LogP contribution in [0.5, 0.6) is 0 Å². The van der Waals surface area contributed by atoms with Crippen LogP contribution < -0.4 is 0 Å². The fourth-order valence-electron chi connectivity index (χ4n) is 2.63. The molecular formula is C10H16O3. The van der Waals surface area contributed by atoms with E-state index in [0.717, 1.165) is 25.7 Å². The van der Waals surface area contributed by atoms with Crippen molar-refractivity contribution in [3.8, 4) is 0 Å². The van der Waals surface area contributed by atoms with Crippen LogP contribution in [0.15, 0.2) is 0 Å². The number of aliphatic hydroxyl groups excluding tert-OH is 1. The molecule has 2 fully saturated rings. The molecule has 0 radical (unpaired) electrons. The minimum absolute atomic E-state index is 0.0275. The van der Waals surface area contributed by atoms with Gasteiger partial charge in [0.05, 0.1) is 5.41 Å². The van der Waals surface area contributed by atoms with E-state index < -0.39 is 6.29 Å². The number of aliphatic hydroxyl groups is 1. The van der Waals surface area contributed by atoms with Gasteiger partial charge in [0, 0.05) is 5.92 Å². The van der Waals surface area contributed by atoms with Crippen LogP contribution in [0.2, 0.25) is 0 Å². The van der Waals surface area contributed by atoms with E-state index in [4.69, 9.17) is 4.74 Å². The van der Waals surface area contributed by atoms with Crippen LogP contribution in [-0.4, -0.2) is 17.4 Å². The number of hydrogen-bond donors (Lipinski definition) is 1. The summed E-state index contributed by atoms with van der Waals surface area (Å²) in [6.07, 6.45) is 4.30. The summed E-state index contributed by atoms with van der Waals surface area (Å²) < 4.78 is 4.88. The number of ether oxygens (including phenoxy) is 1. The minimum atomic E-state index is -0.870. The third kappa shape index (κ3) is 1.17. The molecule has 74 valence electrons. The summed E-state index contributed by atoms with van der Waals surface area (Å²) in [5.74, 6) is -0.201. The van der Waals surface area contributed by atoms with E-state index in [9.17, 15) is 9.90 Å².